The lowest BCUT2D eigenvalue weighted by Gasteiger charge is -2.16. The van der Waals surface area contributed by atoms with Gasteiger partial charge in [0.25, 0.3) is 0 Å². The van der Waals surface area contributed by atoms with Gasteiger partial charge in [-0.2, -0.15) is 0 Å². The molecule has 0 saturated heterocycles. The first-order valence-corrected chi connectivity index (χ1v) is 7.38. The van der Waals surface area contributed by atoms with E-state index in [4.69, 9.17) is 11.6 Å². The van der Waals surface area contributed by atoms with Crippen LogP contribution in [0.2, 0.25) is 5.15 Å². The molecule has 2 heterocycles. The summed E-state index contributed by atoms with van der Waals surface area (Å²) in [5.41, 5.74) is 1.20. The molecule has 18 heavy (non-hydrogen) atoms. The number of hydrogen-bond donors (Lipinski definition) is 0. The maximum absolute atomic E-state index is 6.29. The Balaban J connectivity index is 2.43. The fraction of sp³-hybridized carbons (Fsp3) is 0.538. The summed E-state index contributed by atoms with van der Waals surface area (Å²) in [4.78, 5) is 13.4. The first kappa shape index (κ1) is 13.6. The van der Waals surface area contributed by atoms with Crippen LogP contribution in [0.1, 0.15) is 30.2 Å². The van der Waals surface area contributed by atoms with E-state index in [1.807, 2.05) is 7.05 Å². The summed E-state index contributed by atoms with van der Waals surface area (Å²) in [6.07, 6.45) is 2.30. The molecule has 0 atom stereocenters. The third-order valence-electron chi connectivity index (χ3n) is 3.16. The van der Waals surface area contributed by atoms with Crippen LogP contribution in [-0.4, -0.2) is 23.6 Å². The number of nitrogens with zero attached hydrogens (tertiary/aromatic N) is 3. The highest BCUT2D eigenvalue weighted by Crippen LogP contribution is 2.34. The number of halogens is 1. The van der Waals surface area contributed by atoms with Gasteiger partial charge in [-0.05, 0) is 25.8 Å². The largest absolute Gasteiger partial charge is 0.344 e. The second kappa shape index (κ2) is 5.41. The Bertz CT molecular complexity index is 565. The molecule has 0 unspecified atom stereocenters. The first-order valence-electron chi connectivity index (χ1n) is 6.19. The van der Waals surface area contributed by atoms with Crippen LogP contribution < -0.4 is 4.90 Å². The molecule has 0 aliphatic carbocycles. The van der Waals surface area contributed by atoms with Crippen LogP contribution in [0.5, 0.6) is 0 Å². The number of fused-ring (bicyclic) bond motifs is 1. The van der Waals surface area contributed by atoms with E-state index in [0.29, 0.717) is 5.15 Å². The Hall–Kier alpha value is -0.870. The Morgan fingerprint density at radius 1 is 1.28 bits per heavy atom. The molecule has 0 fully saturated rings. The molecule has 2 aromatic heterocycles. The lowest BCUT2D eigenvalue weighted by atomic mass is 10.2. The van der Waals surface area contributed by atoms with Crippen LogP contribution >= 0.6 is 22.9 Å². The Morgan fingerprint density at radius 2 is 2.00 bits per heavy atom. The third kappa shape index (κ3) is 2.45. The van der Waals surface area contributed by atoms with Crippen LogP contribution in [0.25, 0.3) is 10.2 Å². The minimum Gasteiger partial charge on any atom is -0.344 e. The molecule has 98 valence electrons. The van der Waals surface area contributed by atoms with E-state index >= 15 is 0 Å². The molecule has 2 rings (SSSR count). The molecule has 0 radical (unpaired) electrons. The van der Waals surface area contributed by atoms with Crippen molar-refractivity contribution in [2.45, 2.75) is 33.6 Å². The molecule has 0 saturated carbocycles. The van der Waals surface area contributed by atoms with E-state index < -0.39 is 0 Å². The van der Waals surface area contributed by atoms with Crippen molar-refractivity contribution in [2.24, 2.45) is 0 Å². The maximum atomic E-state index is 6.29. The predicted molar refractivity (Wildman–Crippen MR) is 80.1 cm³/mol. The Morgan fingerprint density at radius 3 is 2.67 bits per heavy atom. The fourth-order valence-electron chi connectivity index (χ4n) is 1.86. The number of hydrogen-bond acceptors (Lipinski definition) is 4. The lowest BCUT2D eigenvalue weighted by Crippen LogP contribution is -2.20. The number of unbranched alkanes of at least 4 members (excludes halogenated alkanes) is 1. The van der Waals surface area contributed by atoms with Gasteiger partial charge in [0, 0.05) is 18.5 Å². The number of anilines is 1. The van der Waals surface area contributed by atoms with Crippen molar-refractivity contribution >= 4 is 39.1 Å². The van der Waals surface area contributed by atoms with Gasteiger partial charge in [-0.1, -0.05) is 24.9 Å². The second-order valence-corrected chi connectivity index (χ2v) is 6.11. The molecule has 0 amide bonds. The normalized spacial score (nSPS) is 11.2. The first-order chi connectivity index (χ1) is 8.54. The minimum absolute atomic E-state index is 0.570. The molecule has 0 aliphatic heterocycles. The van der Waals surface area contributed by atoms with Gasteiger partial charge >= 0.3 is 0 Å². The fourth-order valence-corrected chi connectivity index (χ4v) is 3.24. The zero-order chi connectivity index (χ0) is 13.3. The molecule has 5 heteroatoms. The molecule has 0 bridgehead atoms. The summed E-state index contributed by atoms with van der Waals surface area (Å²) >= 11 is 7.97. The lowest BCUT2D eigenvalue weighted by molar-refractivity contribution is 0.752. The van der Waals surface area contributed by atoms with Crippen molar-refractivity contribution in [1.29, 1.82) is 0 Å². The van der Waals surface area contributed by atoms with Crippen molar-refractivity contribution in [1.82, 2.24) is 9.97 Å². The van der Waals surface area contributed by atoms with E-state index in [1.54, 1.807) is 11.3 Å². The van der Waals surface area contributed by atoms with Crippen LogP contribution in [-0.2, 0) is 0 Å². The highest BCUT2D eigenvalue weighted by atomic mass is 35.5. The van der Waals surface area contributed by atoms with E-state index in [2.05, 4.69) is 35.6 Å². The van der Waals surface area contributed by atoms with E-state index in [1.165, 1.54) is 10.4 Å². The third-order valence-corrected chi connectivity index (χ3v) is 4.54. The molecule has 0 spiro atoms. The van der Waals surface area contributed by atoms with Crippen molar-refractivity contribution in [3.8, 4) is 0 Å². The highest BCUT2D eigenvalue weighted by molar-refractivity contribution is 7.18. The highest BCUT2D eigenvalue weighted by Gasteiger charge is 2.14. The van der Waals surface area contributed by atoms with Crippen LogP contribution in [0.4, 0.5) is 5.95 Å². The van der Waals surface area contributed by atoms with Crippen molar-refractivity contribution < 1.29 is 0 Å². The molecule has 0 aliphatic rings. The average Bonchev–Trinajstić information content (AvgIpc) is 2.62. The van der Waals surface area contributed by atoms with Crippen LogP contribution in [0, 0.1) is 13.8 Å². The second-order valence-electron chi connectivity index (χ2n) is 4.55. The number of thiophene rings is 1. The zero-order valence-electron chi connectivity index (χ0n) is 11.2. The zero-order valence-corrected chi connectivity index (χ0v) is 12.8. The quantitative estimate of drug-likeness (QED) is 0.788. The average molecular weight is 284 g/mol. The van der Waals surface area contributed by atoms with Crippen LogP contribution in [0.15, 0.2) is 0 Å². The van der Waals surface area contributed by atoms with Gasteiger partial charge in [0.1, 0.15) is 9.98 Å². The van der Waals surface area contributed by atoms with Gasteiger partial charge in [-0.25, -0.2) is 9.97 Å². The molecule has 0 N–H and O–H groups in total. The van der Waals surface area contributed by atoms with Gasteiger partial charge in [0.15, 0.2) is 0 Å². The SMILES string of the molecule is CCCCN(C)c1nc(Cl)c2c(C)c(C)sc2n1. The summed E-state index contributed by atoms with van der Waals surface area (Å²) in [5, 5.41) is 1.58. The number of aromatic nitrogens is 2. The van der Waals surface area contributed by atoms with Gasteiger partial charge < -0.3 is 4.90 Å². The van der Waals surface area contributed by atoms with Crippen molar-refractivity contribution in [3.63, 3.8) is 0 Å². The van der Waals surface area contributed by atoms with Gasteiger partial charge in [-0.15, -0.1) is 11.3 Å². The van der Waals surface area contributed by atoms with Gasteiger partial charge in [-0.3, -0.25) is 0 Å². The molecule has 0 aromatic carbocycles. The monoisotopic (exact) mass is 283 g/mol. The summed E-state index contributed by atoms with van der Waals surface area (Å²) < 4.78 is 0. The summed E-state index contributed by atoms with van der Waals surface area (Å²) in [6, 6.07) is 0. The summed E-state index contributed by atoms with van der Waals surface area (Å²) in [5.74, 6) is 0.724. The summed E-state index contributed by atoms with van der Waals surface area (Å²) in [6.45, 7) is 7.31. The van der Waals surface area contributed by atoms with Crippen molar-refractivity contribution in [3.05, 3.63) is 15.6 Å². The standard InChI is InChI=1S/C13H18ClN3S/c1-5-6-7-17(4)13-15-11(14)10-8(2)9(3)18-12(10)16-13/h5-7H2,1-4H3. The predicted octanol–water partition coefficient (Wildman–Crippen LogP) is 4.20. The Labute approximate surface area is 117 Å². The smallest absolute Gasteiger partial charge is 0.227 e. The number of aryl methyl sites for hydroxylation is 2. The maximum Gasteiger partial charge on any atom is 0.227 e. The molecule has 2 aromatic rings. The van der Waals surface area contributed by atoms with Gasteiger partial charge in [0.2, 0.25) is 5.95 Å². The van der Waals surface area contributed by atoms with Crippen molar-refractivity contribution in [2.75, 3.05) is 18.5 Å². The topological polar surface area (TPSA) is 29.0 Å². The number of rotatable bonds is 4. The van der Waals surface area contributed by atoms with Gasteiger partial charge in [0.05, 0.1) is 5.39 Å². The molecule has 3 nitrogen and oxygen atoms in total. The minimum atomic E-state index is 0.570. The molecular weight excluding hydrogens is 266 g/mol. The van der Waals surface area contributed by atoms with E-state index in [0.717, 1.165) is 35.6 Å². The summed E-state index contributed by atoms with van der Waals surface area (Å²) in [7, 11) is 2.01. The van der Waals surface area contributed by atoms with E-state index in [-0.39, 0.29) is 0 Å². The van der Waals surface area contributed by atoms with E-state index in [9.17, 15) is 0 Å². The van der Waals surface area contributed by atoms with Crippen LogP contribution in [0.3, 0.4) is 0 Å². The molecular formula is C13H18ClN3S. The Kier molecular flexibility index (Phi) is 4.07.